The molecule has 0 bridgehead atoms. The predicted molar refractivity (Wildman–Crippen MR) is 78.1 cm³/mol. The molecule has 120 valence electrons. The fourth-order valence-corrected chi connectivity index (χ4v) is 1.48. The Morgan fingerprint density at radius 2 is 2.05 bits per heavy atom. The van der Waals surface area contributed by atoms with Gasteiger partial charge in [0.1, 0.15) is 24.2 Å². The van der Waals surface area contributed by atoms with E-state index in [0.29, 0.717) is 17.6 Å². The number of ether oxygens (including phenoxy) is 2. The average molecular weight is 309 g/mol. The van der Waals surface area contributed by atoms with Crippen molar-refractivity contribution in [1.29, 1.82) is 0 Å². The quantitative estimate of drug-likeness (QED) is 0.778. The first-order valence-electron chi connectivity index (χ1n) is 6.61. The molecule has 0 fully saturated rings. The third-order valence-corrected chi connectivity index (χ3v) is 2.40. The number of alkyl carbamates (subject to hydrolysis) is 1. The zero-order valence-corrected chi connectivity index (χ0v) is 12.7. The lowest BCUT2D eigenvalue weighted by atomic mass is 10.2. The van der Waals surface area contributed by atoms with Gasteiger partial charge in [0.05, 0.1) is 0 Å². The fourth-order valence-electron chi connectivity index (χ4n) is 1.48. The zero-order valence-electron chi connectivity index (χ0n) is 12.7. The van der Waals surface area contributed by atoms with Crippen molar-refractivity contribution >= 4 is 18.3 Å². The number of carboxylic acids is 1. The van der Waals surface area contributed by atoms with Gasteiger partial charge in [0.25, 0.3) is 0 Å². The van der Waals surface area contributed by atoms with Crippen LogP contribution in [0.3, 0.4) is 0 Å². The van der Waals surface area contributed by atoms with Crippen LogP contribution < -0.4 is 10.1 Å². The lowest BCUT2D eigenvalue weighted by molar-refractivity contribution is -0.140. The number of rotatable bonds is 6. The molecular formula is C15H19NO6. The second-order valence-electron chi connectivity index (χ2n) is 5.54. The first kappa shape index (κ1) is 17.5. The van der Waals surface area contributed by atoms with Gasteiger partial charge in [-0.3, -0.25) is 4.79 Å². The Morgan fingerprint density at radius 3 is 2.59 bits per heavy atom. The van der Waals surface area contributed by atoms with Crippen molar-refractivity contribution in [2.75, 3.05) is 6.61 Å². The van der Waals surface area contributed by atoms with Gasteiger partial charge < -0.3 is 19.9 Å². The molecule has 0 saturated heterocycles. The Morgan fingerprint density at radius 1 is 1.36 bits per heavy atom. The van der Waals surface area contributed by atoms with E-state index >= 15 is 0 Å². The van der Waals surface area contributed by atoms with Crippen LogP contribution in [0, 0.1) is 0 Å². The number of carbonyl (C=O) groups is 3. The van der Waals surface area contributed by atoms with Gasteiger partial charge in [0.15, 0.2) is 6.04 Å². The maximum absolute atomic E-state index is 11.6. The molecule has 0 aromatic heterocycles. The van der Waals surface area contributed by atoms with Gasteiger partial charge in [-0.05, 0) is 32.9 Å². The maximum Gasteiger partial charge on any atom is 0.408 e. The minimum Gasteiger partial charge on any atom is -0.491 e. The van der Waals surface area contributed by atoms with E-state index in [2.05, 4.69) is 5.32 Å². The third kappa shape index (κ3) is 6.25. The van der Waals surface area contributed by atoms with Gasteiger partial charge in [0.2, 0.25) is 0 Å². The fraction of sp³-hybridized carbons (Fsp3) is 0.400. The molecule has 0 aliphatic rings. The number of hydrogen-bond acceptors (Lipinski definition) is 5. The van der Waals surface area contributed by atoms with Crippen molar-refractivity contribution in [2.24, 2.45) is 0 Å². The summed E-state index contributed by atoms with van der Waals surface area (Å²) in [5.41, 5.74) is -0.323. The molecule has 1 unspecified atom stereocenters. The van der Waals surface area contributed by atoms with Crippen LogP contribution in [0.25, 0.3) is 0 Å². The van der Waals surface area contributed by atoms with Crippen molar-refractivity contribution in [3.8, 4) is 5.75 Å². The Kier molecular flexibility index (Phi) is 5.91. The highest BCUT2D eigenvalue weighted by atomic mass is 16.6. The van der Waals surface area contributed by atoms with Crippen molar-refractivity contribution in [1.82, 2.24) is 5.32 Å². The second kappa shape index (κ2) is 7.44. The standard InChI is InChI=1S/C15H19NO6/c1-15(2,3)22-14(20)16-12(13(18)19)9-21-11-6-4-5-10(7-11)8-17/h4-8,12H,9H2,1-3H3,(H,16,20)(H,18,19). The molecule has 1 aromatic rings. The van der Waals surface area contributed by atoms with E-state index in [9.17, 15) is 14.4 Å². The molecule has 0 aliphatic heterocycles. The number of amides is 1. The lowest BCUT2D eigenvalue weighted by Crippen LogP contribution is -2.46. The molecule has 22 heavy (non-hydrogen) atoms. The van der Waals surface area contributed by atoms with Gasteiger partial charge in [-0.1, -0.05) is 12.1 Å². The Hall–Kier alpha value is -2.57. The van der Waals surface area contributed by atoms with E-state index < -0.39 is 23.7 Å². The van der Waals surface area contributed by atoms with Crippen LogP contribution in [0.15, 0.2) is 24.3 Å². The molecule has 1 amide bonds. The highest BCUT2D eigenvalue weighted by Gasteiger charge is 2.24. The first-order valence-corrected chi connectivity index (χ1v) is 6.61. The number of nitrogens with one attached hydrogen (secondary N) is 1. The summed E-state index contributed by atoms with van der Waals surface area (Å²) in [6.45, 7) is 4.72. The predicted octanol–water partition coefficient (Wildman–Crippen LogP) is 1.86. The van der Waals surface area contributed by atoms with Crippen molar-refractivity contribution in [3.63, 3.8) is 0 Å². The largest absolute Gasteiger partial charge is 0.491 e. The van der Waals surface area contributed by atoms with E-state index in [1.54, 1.807) is 39.0 Å². The summed E-state index contributed by atoms with van der Waals surface area (Å²) in [6, 6.07) is 4.98. The molecule has 2 N–H and O–H groups in total. The van der Waals surface area contributed by atoms with Gasteiger partial charge >= 0.3 is 12.1 Å². The van der Waals surface area contributed by atoms with E-state index in [4.69, 9.17) is 14.6 Å². The summed E-state index contributed by atoms with van der Waals surface area (Å²) in [7, 11) is 0. The Bertz CT molecular complexity index is 549. The molecule has 1 aromatic carbocycles. The highest BCUT2D eigenvalue weighted by molar-refractivity contribution is 5.80. The molecule has 1 atom stereocenters. The van der Waals surface area contributed by atoms with Gasteiger partial charge in [0, 0.05) is 5.56 Å². The monoisotopic (exact) mass is 309 g/mol. The molecular weight excluding hydrogens is 290 g/mol. The summed E-state index contributed by atoms with van der Waals surface area (Å²) in [5, 5.41) is 11.3. The summed E-state index contributed by atoms with van der Waals surface area (Å²) in [4.78, 5) is 33.4. The van der Waals surface area contributed by atoms with Crippen molar-refractivity contribution in [2.45, 2.75) is 32.4 Å². The van der Waals surface area contributed by atoms with Crippen LogP contribution in [0.4, 0.5) is 4.79 Å². The molecule has 0 spiro atoms. The zero-order chi connectivity index (χ0) is 16.8. The van der Waals surface area contributed by atoms with Crippen molar-refractivity contribution < 1.29 is 29.0 Å². The van der Waals surface area contributed by atoms with Crippen molar-refractivity contribution in [3.05, 3.63) is 29.8 Å². The first-order chi connectivity index (χ1) is 10.2. The molecule has 0 heterocycles. The Balaban J connectivity index is 2.63. The molecule has 0 saturated carbocycles. The number of carbonyl (C=O) groups excluding carboxylic acids is 2. The summed E-state index contributed by atoms with van der Waals surface area (Å²) < 4.78 is 10.3. The Labute approximate surface area is 128 Å². The molecule has 0 radical (unpaired) electrons. The van der Waals surface area contributed by atoms with Gasteiger partial charge in [-0.25, -0.2) is 9.59 Å². The van der Waals surface area contributed by atoms with Gasteiger partial charge in [-0.15, -0.1) is 0 Å². The average Bonchev–Trinajstić information content (AvgIpc) is 2.41. The minimum absolute atomic E-state index is 0.295. The summed E-state index contributed by atoms with van der Waals surface area (Å²) >= 11 is 0. The molecule has 7 heteroatoms. The molecule has 7 nitrogen and oxygen atoms in total. The number of aliphatic carboxylic acids is 1. The second-order valence-corrected chi connectivity index (χ2v) is 5.54. The molecule has 0 aliphatic carbocycles. The maximum atomic E-state index is 11.6. The van der Waals surface area contributed by atoms with Gasteiger partial charge in [-0.2, -0.15) is 0 Å². The van der Waals surface area contributed by atoms with Crippen LogP contribution in [-0.4, -0.2) is 41.7 Å². The van der Waals surface area contributed by atoms with E-state index in [1.165, 1.54) is 6.07 Å². The highest BCUT2D eigenvalue weighted by Crippen LogP contribution is 2.12. The number of benzene rings is 1. The number of carboxylic acid groups (broad SMARTS) is 1. The topological polar surface area (TPSA) is 102 Å². The number of aldehydes is 1. The van der Waals surface area contributed by atoms with E-state index in [1.807, 2.05) is 0 Å². The summed E-state index contributed by atoms with van der Waals surface area (Å²) in [6.07, 6.45) is -0.189. The SMILES string of the molecule is CC(C)(C)OC(=O)NC(COc1cccc(C=O)c1)C(=O)O. The number of hydrogen-bond donors (Lipinski definition) is 2. The van der Waals surface area contributed by atoms with E-state index in [-0.39, 0.29) is 6.61 Å². The summed E-state index contributed by atoms with van der Waals surface area (Å²) in [5.74, 6) is -0.917. The lowest BCUT2D eigenvalue weighted by Gasteiger charge is -2.22. The van der Waals surface area contributed by atoms with Crippen LogP contribution in [-0.2, 0) is 9.53 Å². The normalized spacial score (nSPS) is 12.1. The molecule has 1 rings (SSSR count). The third-order valence-electron chi connectivity index (χ3n) is 2.40. The smallest absolute Gasteiger partial charge is 0.408 e. The van der Waals surface area contributed by atoms with Crippen LogP contribution in [0.1, 0.15) is 31.1 Å². The van der Waals surface area contributed by atoms with Crippen LogP contribution in [0.2, 0.25) is 0 Å². The van der Waals surface area contributed by atoms with Crippen LogP contribution >= 0.6 is 0 Å². The van der Waals surface area contributed by atoms with E-state index in [0.717, 1.165) is 0 Å². The van der Waals surface area contributed by atoms with Crippen LogP contribution in [0.5, 0.6) is 5.75 Å². The minimum atomic E-state index is -1.27.